The smallest absolute Gasteiger partial charge is 0.245 e. The van der Waals surface area contributed by atoms with Gasteiger partial charge in [-0.15, -0.1) is 0 Å². The van der Waals surface area contributed by atoms with E-state index in [1.165, 1.54) is 29.8 Å². The zero-order valence-electron chi connectivity index (χ0n) is 26.2. The molecule has 10 heteroatoms. The normalized spacial score (nSPS) is 18.3. The molecule has 1 saturated carbocycles. The highest BCUT2D eigenvalue weighted by molar-refractivity contribution is 7.89. The number of nitrogens with zero attached hydrogens (tertiary/aromatic N) is 2. The lowest BCUT2D eigenvalue weighted by Crippen LogP contribution is -2.34. The van der Waals surface area contributed by atoms with Crippen LogP contribution in [0.15, 0.2) is 35.2 Å². The fourth-order valence-corrected chi connectivity index (χ4v) is 7.93. The first-order valence-corrected chi connectivity index (χ1v) is 16.6. The van der Waals surface area contributed by atoms with Crippen molar-refractivity contribution in [1.29, 1.82) is 0 Å². The molecule has 1 amide bonds. The largest absolute Gasteiger partial charge is 0.496 e. The van der Waals surface area contributed by atoms with Crippen LogP contribution in [-0.4, -0.2) is 78.1 Å². The Morgan fingerprint density at radius 1 is 1.05 bits per heavy atom. The van der Waals surface area contributed by atoms with E-state index in [0.29, 0.717) is 41.3 Å². The number of likely N-dealkylation sites (N-methyl/N-ethyl adjacent to an activating group) is 1. The van der Waals surface area contributed by atoms with Crippen LogP contribution in [0.5, 0.6) is 5.75 Å². The molecule has 1 fully saturated rings. The topological polar surface area (TPSA) is 88.2 Å². The third-order valence-electron chi connectivity index (χ3n) is 8.63. The van der Waals surface area contributed by atoms with E-state index in [-0.39, 0.29) is 30.6 Å². The van der Waals surface area contributed by atoms with E-state index >= 15 is 0 Å². The van der Waals surface area contributed by atoms with E-state index in [2.05, 4.69) is 36.4 Å². The maximum atomic E-state index is 13.3. The number of nitrogens with one attached hydrogen (secondary N) is 1. The first kappa shape index (κ1) is 34.3. The Hall–Kier alpha value is -2.17. The number of hydrogen-bond donors (Lipinski definition) is 1. The number of hydrogen-bond acceptors (Lipinski definition) is 6. The van der Waals surface area contributed by atoms with Crippen molar-refractivity contribution in [2.45, 2.75) is 63.8 Å². The number of benzene rings is 2. The minimum absolute atomic E-state index is 0.0913. The van der Waals surface area contributed by atoms with Gasteiger partial charge in [0.15, 0.2) is 0 Å². The number of carbonyl (C=O) groups is 1. The van der Waals surface area contributed by atoms with Gasteiger partial charge in [0.2, 0.25) is 15.9 Å². The molecule has 1 aliphatic carbocycles. The standard InChI is InChI=1S/C32H48ClN3O5S/c1-22-20-29(40-7)23(2)24(3)32(22)42(38,39)36(6)18-19-41-21-30(37)34-17-16-25-8-10-26(11-9-25)31(35(4)5)27-12-14-28(33)15-13-27/h12-15,20,25-26,31H,8-11,16-19,21H2,1-7H3,(H,34,37). The van der Waals surface area contributed by atoms with E-state index in [1.54, 1.807) is 27.0 Å². The van der Waals surface area contributed by atoms with E-state index in [9.17, 15) is 13.2 Å². The second-order valence-electron chi connectivity index (χ2n) is 11.7. The lowest BCUT2D eigenvalue weighted by Gasteiger charge is -2.37. The summed E-state index contributed by atoms with van der Waals surface area (Å²) in [5.41, 5.74) is 3.41. The van der Waals surface area contributed by atoms with Gasteiger partial charge in [-0.3, -0.25) is 4.79 Å². The summed E-state index contributed by atoms with van der Waals surface area (Å²) in [7, 11) is 3.67. The van der Waals surface area contributed by atoms with Crippen molar-refractivity contribution >= 4 is 27.5 Å². The van der Waals surface area contributed by atoms with Gasteiger partial charge in [-0.05, 0) is 106 Å². The third-order valence-corrected chi connectivity index (χ3v) is 11.0. The molecule has 0 aromatic heterocycles. The highest BCUT2D eigenvalue weighted by Crippen LogP contribution is 2.40. The highest BCUT2D eigenvalue weighted by atomic mass is 35.5. The molecule has 2 aromatic rings. The molecular weight excluding hydrogens is 574 g/mol. The lowest BCUT2D eigenvalue weighted by atomic mass is 9.75. The Morgan fingerprint density at radius 3 is 2.29 bits per heavy atom. The Kier molecular flexibility index (Phi) is 12.7. The second kappa shape index (κ2) is 15.5. The number of methoxy groups -OCH3 is 1. The van der Waals surface area contributed by atoms with Crippen molar-refractivity contribution in [2.24, 2.45) is 11.8 Å². The van der Waals surface area contributed by atoms with Gasteiger partial charge >= 0.3 is 0 Å². The van der Waals surface area contributed by atoms with Crippen LogP contribution >= 0.6 is 11.6 Å². The lowest BCUT2D eigenvalue weighted by molar-refractivity contribution is -0.125. The molecule has 0 bridgehead atoms. The highest BCUT2D eigenvalue weighted by Gasteiger charge is 2.30. The summed E-state index contributed by atoms with van der Waals surface area (Å²) in [6.45, 7) is 6.21. The zero-order chi connectivity index (χ0) is 31.0. The average molecular weight is 622 g/mol. The number of carbonyl (C=O) groups excluding carboxylic acids is 1. The molecule has 1 N–H and O–H groups in total. The molecule has 0 aliphatic heterocycles. The Labute approximate surface area is 257 Å². The SMILES string of the molecule is COc1cc(C)c(S(=O)(=O)N(C)CCOCC(=O)NCCC2CCC(C(c3ccc(Cl)cc3)N(C)C)CC2)c(C)c1C. The summed E-state index contributed by atoms with van der Waals surface area (Å²) in [6.07, 6.45) is 5.59. The number of rotatable bonds is 14. The fraction of sp³-hybridized carbons (Fsp3) is 0.594. The van der Waals surface area contributed by atoms with Crippen LogP contribution in [0.1, 0.15) is 60.4 Å². The van der Waals surface area contributed by atoms with Gasteiger partial charge in [0, 0.05) is 31.2 Å². The molecule has 1 unspecified atom stereocenters. The van der Waals surface area contributed by atoms with Gasteiger partial charge in [0.1, 0.15) is 12.4 Å². The van der Waals surface area contributed by atoms with Gasteiger partial charge in [-0.2, -0.15) is 4.31 Å². The molecule has 234 valence electrons. The van der Waals surface area contributed by atoms with Gasteiger partial charge in [-0.1, -0.05) is 36.6 Å². The molecule has 0 spiro atoms. The van der Waals surface area contributed by atoms with E-state index in [0.717, 1.165) is 29.8 Å². The van der Waals surface area contributed by atoms with E-state index in [4.69, 9.17) is 21.1 Å². The van der Waals surface area contributed by atoms with Crippen molar-refractivity contribution in [3.63, 3.8) is 0 Å². The summed E-state index contributed by atoms with van der Waals surface area (Å²) in [4.78, 5) is 14.9. The van der Waals surface area contributed by atoms with Gasteiger partial charge < -0.3 is 19.7 Å². The summed E-state index contributed by atoms with van der Waals surface area (Å²) >= 11 is 6.10. The molecule has 42 heavy (non-hydrogen) atoms. The monoisotopic (exact) mass is 621 g/mol. The van der Waals surface area contributed by atoms with Crippen molar-refractivity contribution in [2.75, 3.05) is 54.6 Å². The minimum atomic E-state index is -3.72. The maximum Gasteiger partial charge on any atom is 0.245 e. The van der Waals surface area contributed by atoms with Crippen molar-refractivity contribution in [3.8, 4) is 5.75 Å². The van der Waals surface area contributed by atoms with E-state index in [1.807, 2.05) is 19.1 Å². The Bertz CT molecular complexity index is 1290. The third kappa shape index (κ3) is 8.69. The quantitative estimate of drug-likeness (QED) is 0.279. The fourth-order valence-electron chi connectivity index (χ4n) is 6.18. The Balaban J connectivity index is 1.37. The number of ether oxygens (including phenoxy) is 2. The second-order valence-corrected chi connectivity index (χ2v) is 14.2. The van der Waals surface area contributed by atoms with Crippen LogP contribution in [0.3, 0.4) is 0 Å². The van der Waals surface area contributed by atoms with Crippen LogP contribution in [-0.2, 0) is 19.6 Å². The number of aryl methyl sites for hydroxylation is 1. The average Bonchev–Trinajstić information content (AvgIpc) is 2.94. The molecule has 1 aliphatic rings. The maximum absolute atomic E-state index is 13.3. The summed E-state index contributed by atoms with van der Waals surface area (Å²) in [5, 5.41) is 3.72. The van der Waals surface area contributed by atoms with E-state index < -0.39 is 10.0 Å². The summed E-state index contributed by atoms with van der Waals surface area (Å²) in [5.74, 6) is 1.69. The van der Waals surface area contributed by atoms with Crippen LogP contribution in [0.25, 0.3) is 0 Å². The minimum Gasteiger partial charge on any atom is -0.496 e. The molecule has 3 rings (SSSR count). The van der Waals surface area contributed by atoms with Crippen molar-refractivity contribution < 1.29 is 22.7 Å². The molecule has 1 atom stereocenters. The zero-order valence-corrected chi connectivity index (χ0v) is 27.8. The molecule has 0 radical (unpaired) electrons. The Morgan fingerprint density at radius 2 is 1.69 bits per heavy atom. The van der Waals surface area contributed by atoms with Crippen molar-refractivity contribution in [1.82, 2.24) is 14.5 Å². The van der Waals surface area contributed by atoms with Gasteiger partial charge in [0.25, 0.3) is 0 Å². The molecule has 0 saturated heterocycles. The molecule has 0 heterocycles. The number of halogens is 1. The first-order valence-electron chi connectivity index (χ1n) is 14.7. The number of amides is 1. The summed E-state index contributed by atoms with van der Waals surface area (Å²) in [6, 6.07) is 10.3. The number of sulfonamides is 1. The van der Waals surface area contributed by atoms with Crippen LogP contribution in [0, 0.1) is 32.6 Å². The van der Waals surface area contributed by atoms with Crippen LogP contribution in [0.2, 0.25) is 5.02 Å². The predicted molar refractivity (Wildman–Crippen MR) is 169 cm³/mol. The first-order chi connectivity index (χ1) is 19.9. The summed E-state index contributed by atoms with van der Waals surface area (Å²) < 4.78 is 38.7. The van der Waals surface area contributed by atoms with Gasteiger partial charge in [0.05, 0.1) is 18.6 Å². The van der Waals surface area contributed by atoms with Crippen LogP contribution in [0.4, 0.5) is 0 Å². The van der Waals surface area contributed by atoms with Crippen LogP contribution < -0.4 is 10.1 Å². The molecule has 8 nitrogen and oxygen atoms in total. The van der Waals surface area contributed by atoms with Gasteiger partial charge in [-0.25, -0.2) is 8.42 Å². The molecule has 2 aromatic carbocycles. The van der Waals surface area contributed by atoms with Crippen molar-refractivity contribution in [3.05, 3.63) is 57.6 Å². The predicted octanol–water partition coefficient (Wildman–Crippen LogP) is 5.53. The molecular formula is C32H48ClN3O5S.